The van der Waals surface area contributed by atoms with E-state index in [1.165, 1.54) is 22.8 Å². The number of benzene rings is 3. The maximum Gasteiger partial charge on any atom is 0.345 e. The number of carbonyl (C=O) groups excluding carboxylic acids is 2. The zero-order valence-corrected chi connectivity index (χ0v) is 24.3. The molecule has 1 aliphatic heterocycles. The Hall–Kier alpha value is -3.59. The summed E-state index contributed by atoms with van der Waals surface area (Å²) in [6.07, 6.45) is 0. The van der Waals surface area contributed by atoms with Crippen LogP contribution in [0.2, 0.25) is 15.1 Å². The Labute approximate surface area is 257 Å². The smallest absolute Gasteiger partial charge is 0.345 e. The van der Waals surface area contributed by atoms with Crippen molar-refractivity contribution in [2.75, 3.05) is 37.7 Å². The molecule has 7 nitrogen and oxygen atoms in total. The van der Waals surface area contributed by atoms with Gasteiger partial charge in [0.1, 0.15) is 11.4 Å². The highest BCUT2D eigenvalue weighted by molar-refractivity contribution is 6.42. The molecule has 1 fully saturated rings. The second kappa shape index (κ2) is 13.2. The Kier molecular flexibility index (Phi) is 9.82. The predicted molar refractivity (Wildman–Crippen MR) is 166 cm³/mol. The summed E-state index contributed by atoms with van der Waals surface area (Å²) < 4.78 is 20.3. The minimum absolute atomic E-state index is 0. The Balaban J connectivity index is 0.00000405. The van der Waals surface area contributed by atoms with Gasteiger partial charge in [0.25, 0.3) is 11.5 Å². The minimum Gasteiger partial charge on any atom is -0.462 e. The molecule has 0 saturated carbocycles. The van der Waals surface area contributed by atoms with Gasteiger partial charge in [0.05, 0.1) is 34.4 Å². The lowest BCUT2D eigenvalue weighted by Gasteiger charge is -2.37. The van der Waals surface area contributed by atoms with Crippen LogP contribution < -0.4 is 10.5 Å². The maximum absolute atomic E-state index is 14.0. The summed E-state index contributed by atoms with van der Waals surface area (Å²) in [5, 5.41) is 1.67. The van der Waals surface area contributed by atoms with Gasteiger partial charge in [-0.3, -0.25) is 9.59 Å². The van der Waals surface area contributed by atoms with E-state index in [0.29, 0.717) is 69.0 Å². The topological polar surface area (TPSA) is 71.8 Å². The number of hydrogen-bond acceptors (Lipinski definition) is 5. The van der Waals surface area contributed by atoms with Crippen molar-refractivity contribution in [3.8, 4) is 0 Å². The van der Waals surface area contributed by atoms with Crippen LogP contribution >= 0.6 is 34.8 Å². The molecule has 1 saturated heterocycles. The third-order valence-corrected chi connectivity index (χ3v) is 7.96. The van der Waals surface area contributed by atoms with Gasteiger partial charge in [-0.05, 0) is 61.0 Å². The van der Waals surface area contributed by atoms with Crippen LogP contribution in [0.4, 0.5) is 10.1 Å². The molecule has 0 bridgehead atoms. The van der Waals surface area contributed by atoms with Crippen LogP contribution in [0.1, 0.15) is 40.6 Å². The number of fused-ring (bicyclic) bond motifs is 1. The van der Waals surface area contributed by atoms with Crippen LogP contribution in [-0.4, -0.2) is 54.1 Å². The third kappa shape index (κ3) is 6.26. The standard InChI is InChI=1S/C30H25Cl3FN3O4.CH4/c1-2-41-30(40)26-27(35-11-13-36(14-12-35)28(38)19-5-9-23(32)24(33)15-19)22-16-20(31)6-10-25(22)37(29(26)39)17-18-3-7-21(34)8-4-18;/h3-10,15-16H,2,11-14,17H2,1H3;1H4. The van der Waals surface area contributed by atoms with E-state index in [9.17, 15) is 18.8 Å². The second-order valence-corrected chi connectivity index (χ2v) is 10.8. The number of esters is 1. The molecule has 2 heterocycles. The molecule has 0 N–H and O–H groups in total. The second-order valence-electron chi connectivity index (χ2n) is 9.53. The number of anilines is 1. The minimum atomic E-state index is -0.753. The molecule has 1 aliphatic rings. The summed E-state index contributed by atoms with van der Waals surface area (Å²) in [4.78, 5) is 44.0. The molecule has 0 atom stereocenters. The van der Waals surface area contributed by atoms with Gasteiger partial charge in [-0.25, -0.2) is 9.18 Å². The average Bonchev–Trinajstić information content (AvgIpc) is 2.96. The van der Waals surface area contributed by atoms with Gasteiger partial charge >= 0.3 is 5.97 Å². The highest BCUT2D eigenvalue weighted by Crippen LogP contribution is 2.33. The molecule has 0 radical (unpaired) electrons. The van der Waals surface area contributed by atoms with E-state index < -0.39 is 17.3 Å². The number of rotatable bonds is 6. The number of carbonyl (C=O) groups is 2. The fourth-order valence-electron chi connectivity index (χ4n) is 5.00. The van der Waals surface area contributed by atoms with E-state index in [0.717, 1.165) is 0 Å². The van der Waals surface area contributed by atoms with Gasteiger partial charge in [-0.15, -0.1) is 0 Å². The molecule has 11 heteroatoms. The van der Waals surface area contributed by atoms with Crippen molar-refractivity contribution < 1.29 is 18.7 Å². The molecule has 0 aliphatic carbocycles. The van der Waals surface area contributed by atoms with Crippen molar-refractivity contribution in [2.24, 2.45) is 0 Å². The van der Waals surface area contributed by atoms with E-state index in [2.05, 4.69) is 0 Å². The van der Waals surface area contributed by atoms with Gasteiger partial charge in [-0.1, -0.05) is 54.4 Å². The van der Waals surface area contributed by atoms with Crippen molar-refractivity contribution in [1.82, 2.24) is 9.47 Å². The SMILES string of the molecule is C.CCOC(=O)c1c(N2CCN(C(=O)c3ccc(Cl)c(Cl)c3)CC2)c2cc(Cl)ccc2n(Cc2ccc(F)cc2)c1=O. The van der Waals surface area contributed by atoms with Crippen LogP contribution in [0.25, 0.3) is 10.9 Å². The van der Waals surface area contributed by atoms with Gasteiger partial charge in [0.15, 0.2) is 0 Å². The van der Waals surface area contributed by atoms with Gasteiger partial charge in [0, 0.05) is 42.2 Å². The van der Waals surface area contributed by atoms with Crippen molar-refractivity contribution in [3.05, 3.63) is 109 Å². The molecule has 220 valence electrons. The Morgan fingerprint density at radius 3 is 2.24 bits per heavy atom. The molecule has 5 rings (SSSR count). The van der Waals surface area contributed by atoms with Crippen molar-refractivity contribution in [3.63, 3.8) is 0 Å². The quantitative estimate of drug-likeness (QED) is 0.216. The van der Waals surface area contributed by atoms with E-state index in [1.54, 1.807) is 54.3 Å². The van der Waals surface area contributed by atoms with Crippen LogP contribution in [0.15, 0.2) is 65.5 Å². The number of ether oxygens (including phenoxy) is 1. The van der Waals surface area contributed by atoms with Gasteiger partial charge in [-0.2, -0.15) is 0 Å². The van der Waals surface area contributed by atoms with E-state index in [1.807, 2.05) is 4.90 Å². The fourth-order valence-corrected chi connectivity index (χ4v) is 5.47. The summed E-state index contributed by atoms with van der Waals surface area (Å²) in [6, 6.07) is 15.7. The zero-order chi connectivity index (χ0) is 29.3. The zero-order valence-electron chi connectivity index (χ0n) is 22.0. The van der Waals surface area contributed by atoms with Crippen LogP contribution in [0, 0.1) is 5.82 Å². The molecule has 4 aromatic rings. The number of amides is 1. The van der Waals surface area contributed by atoms with Crippen molar-refractivity contribution in [1.29, 1.82) is 0 Å². The first-order valence-electron chi connectivity index (χ1n) is 12.9. The fraction of sp³-hybridized carbons (Fsp3) is 0.258. The molecular weight excluding hydrogens is 604 g/mol. The number of piperazine rings is 1. The van der Waals surface area contributed by atoms with Crippen LogP contribution in [-0.2, 0) is 11.3 Å². The highest BCUT2D eigenvalue weighted by Gasteiger charge is 2.30. The van der Waals surface area contributed by atoms with Crippen molar-refractivity contribution >= 4 is 63.3 Å². The van der Waals surface area contributed by atoms with E-state index in [-0.39, 0.29) is 32.0 Å². The van der Waals surface area contributed by atoms with Crippen molar-refractivity contribution in [2.45, 2.75) is 20.9 Å². The summed E-state index contributed by atoms with van der Waals surface area (Å²) in [7, 11) is 0. The molecule has 1 amide bonds. The van der Waals surface area contributed by atoms with E-state index in [4.69, 9.17) is 39.5 Å². The van der Waals surface area contributed by atoms with Crippen LogP contribution in [0.3, 0.4) is 0 Å². The number of pyridine rings is 1. The monoisotopic (exact) mass is 631 g/mol. The number of halogens is 4. The molecule has 0 unspecified atom stereocenters. The first-order valence-corrected chi connectivity index (χ1v) is 14.1. The average molecular weight is 633 g/mol. The number of nitrogens with zero attached hydrogens (tertiary/aromatic N) is 3. The molecule has 42 heavy (non-hydrogen) atoms. The van der Waals surface area contributed by atoms with Gasteiger partial charge < -0.3 is 19.1 Å². The summed E-state index contributed by atoms with van der Waals surface area (Å²) in [5.74, 6) is -1.34. The Morgan fingerprint density at radius 1 is 0.905 bits per heavy atom. The largest absolute Gasteiger partial charge is 0.462 e. The number of aromatic nitrogens is 1. The Morgan fingerprint density at radius 2 is 1.60 bits per heavy atom. The summed E-state index contributed by atoms with van der Waals surface area (Å²) in [6.45, 7) is 3.22. The summed E-state index contributed by atoms with van der Waals surface area (Å²) in [5.41, 5.74) is 1.41. The maximum atomic E-state index is 14.0. The molecule has 0 spiro atoms. The lowest BCUT2D eigenvalue weighted by Crippen LogP contribution is -2.49. The van der Waals surface area contributed by atoms with Gasteiger partial charge in [0.2, 0.25) is 0 Å². The highest BCUT2D eigenvalue weighted by atomic mass is 35.5. The molecule has 3 aromatic carbocycles. The Bertz CT molecular complexity index is 1700. The third-order valence-electron chi connectivity index (χ3n) is 6.98. The first kappa shape index (κ1) is 31.3. The lowest BCUT2D eigenvalue weighted by atomic mass is 10.0. The van der Waals surface area contributed by atoms with Crippen LogP contribution in [0.5, 0.6) is 0 Å². The first-order chi connectivity index (χ1) is 19.7. The number of hydrogen-bond donors (Lipinski definition) is 0. The lowest BCUT2D eigenvalue weighted by molar-refractivity contribution is 0.0523. The predicted octanol–water partition coefficient (Wildman–Crippen LogP) is 6.92. The van der Waals surface area contributed by atoms with E-state index >= 15 is 0 Å². The normalized spacial score (nSPS) is 13.2. The summed E-state index contributed by atoms with van der Waals surface area (Å²) >= 11 is 18.5. The molecule has 1 aromatic heterocycles. The molecular formula is C31H29Cl3FN3O4.